The molecule has 0 spiro atoms. The van der Waals surface area contributed by atoms with E-state index in [1.54, 1.807) is 6.08 Å². The summed E-state index contributed by atoms with van der Waals surface area (Å²) >= 11 is 0. The van der Waals surface area contributed by atoms with E-state index >= 15 is 0 Å². The predicted molar refractivity (Wildman–Crippen MR) is 219 cm³/mol. The Morgan fingerprint density at radius 1 is 0.423 bits per heavy atom. The van der Waals surface area contributed by atoms with Crippen LogP contribution < -0.4 is 0 Å². The summed E-state index contributed by atoms with van der Waals surface area (Å²) in [7, 11) is 0. The lowest BCUT2D eigenvalue weighted by Gasteiger charge is -2.18. The second-order valence-corrected chi connectivity index (χ2v) is 14.2. The highest BCUT2D eigenvalue weighted by Gasteiger charge is 2.19. The van der Waals surface area contributed by atoms with Crippen LogP contribution in [0.1, 0.15) is 207 Å². The summed E-state index contributed by atoms with van der Waals surface area (Å²) in [6.45, 7) is 6.35. The van der Waals surface area contributed by atoms with Gasteiger partial charge in [-0.05, 0) is 51.4 Å². The molecule has 0 rings (SSSR count). The normalized spacial score (nSPS) is 12.4. The van der Waals surface area contributed by atoms with Gasteiger partial charge in [0.2, 0.25) is 0 Å². The van der Waals surface area contributed by atoms with E-state index < -0.39 is 12.1 Å². The van der Waals surface area contributed by atoms with Crippen molar-refractivity contribution in [2.75, 3.05) is 13.2 Å². The van der Waals surface area contributed by atoms with Crippen molar-refractivity contribution in [3.05, 3.63) is 48.6 Å². The second kappa shape index (κ2) is 41.1. The van der Waals surface area contributed by atoms with Gasteiger partial charge >= 0.3 is 17.9 Å². The van der Waals surface area contributed by atoms with Crippen LogP contribution in [0, 0.1) is 0 Å². The Morgan fingerprint density at radius 3 is 1.33 bits per heavy atom. The lowest BCUT2D eigenvalue weighted by Crippen LogP contribution is -2.30. The molecular weight excluding hydrogens is 649 g/mol. The molecule has 0 aliphatic carbocycles. The van der Waals surface area contributed by atoms with Crippen molar-refractivity contribution in [1.82, 2.24) is 0 Å². The Morgan fingerprint density at radius 2 is 0.827 bits per heavy atom. The fraction of sp³-hybridized carbons (Fsp3) is 0.761. The molecule has 1 unspecified atom stereocenters. The van der Waals surface area contributed by atoms with E-state index in [0.717, 1.165) is 51.4 Å². The zero-order chi connectivity index (χ0) is 38.0. The van der Waals surface area contributed by atoms with Crippen molar-refractivity contribution in [1.29, 1.82) is 0 Å². The van der Waals surface area contributed by atoms with Gasteiger partial charge in [0.15, 0.2) is 6.10 Å². The molecule has 0 fully saturated rings. The Labute approximate surface area is 320 Å². The summed E-state index contributed by atoms with van der Waals surface area (Å²) in [6.07, 6.45) is 47.2. The minimum absolute atomic E-state index is 0.103. The van der Waals surface area contributed by atoms with Crippen LogP contribution in [0.5, 0.6) is 0 Å². The molecule has 0 saturated heterocycles. The standard InChI is InChI=1S/C46H80O6/c1-4-7-10-13-16-19-20-21-22-23-24-25-28-30-33-36-39-45(48)51-42-43(52-46(49)40-37-34-31-27-18-15-12-9-6-3)41-50-44(47)38-35-32-29-26-17-14-11-8-5-2/h9,12,18,26-27,29,34,37,43H,4-8,10-11,13-17,19-25,28,30-33,35-36,38-42H2,1-3H3/b12-9-,27-18-,29-26-,37-34-. The molecule has 0 N–H and O–H groups in total. The van der Waals surface area contributed by atoms with E-state index in [1.807, 2.05) is 6.08 Å². The summed E-state index contributed by atoms with van der Waals surface area (Å²) in [5.41, 5.74) is 0. The SMILES string of the molecule is CC/C=C\C/C=C\C/C=C\CC(=O)OC(COC(=O)CCC/C=C\CCCCCC)COC(=O)CCCCCCCCCCCCCCCCCC. The molecule has 0 radical (unpaired) electrons. The molecule has 300 valence electrons. The van der Waals surface area contributed by atoms with Gasteiger partial charge in [0.25, 0.3) is 0 Å². The average molecular weight is 729 g/mol. The number of allylic oxidation sites excluding steroid dienone is 7. The Balaban J connectivity index is 4.36. The van der Waals surface area contributed by atoms with Crippen molar-refractivity contribution in [2.45, 2.75) is 213 Å². The first kappa shape index (κ1) is 49.4. The van der Waals surface area contributed by atoms with Crippen LogP contribution in [-0.4, -0.2) is 37.2 Å². The number of hydrogen-bond donors (Lipinski definition) is 0. The van der Waals surface area contributed by atoms with Crippen LogP contribution in [0.15, 0.2) is 48.6 Å². The van der Waals surface area contributed by atoms with Crippen LogP contribution in [0.4, 0.5) is 0 Å². The van der Waals surface area contributed by atoms with Gasteiger partial charge in [-0.2, -0.15) is 0 Å². The molecule has 0 heterocycles. The second-order valence-electron chi connectivity index (χ2n) is 14.2. The molecule has 1 atom stereocenters. The fourth-order valence-electron chi connectivity index (χ4n) is 5.86. The largest absolute Gasteiger partial charge is 0.462 e. The van der Waals surface area contributed by atoms with E-state index in [2.05, 4.69) is 57.2 Å². The Bertz CT molecular complexity index is 933. The van der Waals surface area contributed by atoms with Crippen LogP contribution >= 0.6 is 0 Å². The number of carbonyl (C=O) groups is 3. The van der Waals surface area contributed by atoms with Crippen LogP contribution in [0.3, 0.4) is 0 Å². The first-order chi connectivity index (χ1) is 25.5. The lowest BCUT2D eigenvalue weighted by atomic mass is 10.0. The summed E-state index contributed by atoms with van der Waals surface area (Å²) in [4.78, 5) is 37.4. The van der Waals surface area contributed by atoms with Crippen molar-refractivity contribution in [3.8, 4) is 0 Å². The molecule has 0 saturated carbocycles. The number of hydrogen-bond acceptors (Lipinski definition) is 6. The van der Waals surface area contributed by atoms with E-state index in [1.165, 1.54) is 109 Å². The van der Waals surface area contributed by atoms with Gasteiger partial charge in [-0.1, -0.05) is 185 Å². The van der Waals surface area contributed by atoms with Crippen molar-refractivity contribution in [2.24, 2.45) is 0 Å². The highest BCUT2D eigenvalue weighted by molar-refractivity contribution is 5.72. The monoisotopic (exact) mass is 729 g/mol. The third kappa shape index (κ3) is 38.6. The summed E-state index contributed by atoms with van der Waals surface area (Å²) in [6, 6.07) is 0. The van der Waals surface area contributed by atoms with Gasteiger partial charge < -0.3 is 14.2 Å². The predicted octanol–water partition coefficient (Wildman–Crippen LogP) is 13.6. The Kier molecular flexibility index (Phi) is 39.1. The van der Waals surface area contributed by atoms with Gasteiger partial charge in [0, 0.05) is 12.8 Å². The van der Waals surface area contributed by atoms with Crippen LogP contribution in [0.2, 0.25) is 0 Å². The van der Waals surface area contributed by atoms with E-state index in [9.17, 15) is 14.4 Å². The molecule has 0 aliphatic heterocycles. The molecule has 0 aromatic heterocycles. The van der Waals surface area contributed by atoms with E-state index in [0.29, 0.717) is 19.3 Å². The average Bonchev–Trinajstić information content (AvgIpc) is 3.14. The quantitative estimate of drug-likeness (QED) is 0.0272. The van der Waals surface area contributed by atoms with Crippen LogP contribution in [-0.2, 0) is 28.6 Å². The minimum atomic E-state index is -0.826. The molecular formula is C46H80O6. The van der Waals surface area contributed by atoms with Crippen LogP contribution in [0.25, 0.3) is 0 Å². The molecule has 0 bridgehead atoms. The lowest BCUT2D eigenvalue weighted by molar-refractivity contribution is -0.166. The molecule has 52 heavy (non-hydrogen) atoms. The highest BCUT2D eigenvalue weighted by atomic mass is 16.6. The molecule has 6 heteroatoms. The number of rotatable bonds is 38. The topological polar surface area (TPSA) is 78.9 Å². The Hall–Kier alpha value is -2.63. The fourth-order valence-corrected chi connectivity index (χ4v) is 5.86. The van der Waals surface area contributed by atoms with Gasteiger partial charge in [0.1, 0.15) is 13.2 Å². The third-order valence-corrected chi connectivity index (χ3v) is 9.10. The minimum Gasteiger partial charge on any atom is -0.462 e. The smallest absolute Gasteiger partial charge is 0.310 e. The van der Waals surface area contributed by atoms with Gasteiger partial charge in [-0.15, -0.1) is 0 Å². The first-order valence-corrected chi connectivity index (χ1v) is 21.6. The zero-order valence-corrected chi connectivity index (χ0v) is 34.1. The first-order valence-electron chi connectivity index (χ1n) is 21.6. The molecule has 0 aromatic rings. The highest BCUT2D eigenvalue weighted by Crippen LogP contribution is 2.14. The molecule has 0 aliphatic rings. The zero-order valence-electron chi connectivity index (χ0n) is 34.1. The van der Waals surface area contributed by atoms with Gasteiger partial charge in [-0.3, -0.25) is 14.4 Å². The third-order valence-electron chi connectivity index (χ3n) is 9.10. The summed E-state index contributed by atoms with van der Waals surface area (Å²) < 4.78 is 16.5. The summed E-state index contributed by atoms with van der Waals surface area (Å²) in [5.74, 6) is -1.08. The van der Waals surface area contributed by atoms with E-state index in [4.69, 9.17) is 14.2 Å². The van der Waals surface area contributed by atoms with Gasteiger partial charge in [-0.25, -0.2) is 0 Å². The molecule has 0 amide bonds. The maximum Gasteiger partial charge on any atom is 0.310 e. The maximum absolute atomic E-state index is 12.6. The van der Waals surface area contributed by atoms with Crippen molar-refractivity contribution in [3.63, 3.8) is 0 Å². The van der Waals surface area contributed by atoms with Crippen molar-refractivity contribution >= 4 is 17.9 Å². The summed E-state index contributed by atoms with van der Waals surface area (Å²) in [5, 5.41) is 0. The van der Waals surface area contributed by atoms with Gasteiger partial charge in [0.05, 0.1) is 6.42 Å². The number of esters is 3. The number of unbranched alkanes of at least 4 members (excludes halogenated alkanes) is 20. The molecule has 0 aromatic carbocycles. The molecule has 6 nitrogen and oxygen atoms in total. The number of ether oxygens (including phenoxy) is 3. The van der Waals surface area contributed by atoms with Crippen molar-refractivity contribution < 1.29 is 28.6 Å². The maximum atomic E-state index is 12.6. The number of carbonyl (C=O) groups excluding carboxylic acids is 3. The van der Waals surface area contributed by atoms with E-state index in [-0.39, 0.29) is 31.6 Å².